The fourth-order valence-electron chi connectivity index (χ4n) is 2.24. The number of methoxy groups -OCH3 is 1. The van der Waals surface area contributed by atoms with Crippen molar-refractivity contribution in [2.45, 2.75) is 12.8 Å². The zero-order chi connectivity index (χ0) is 18.4. The first-order valence-electron chi connectivity index (χ1n) is 7.76. The zero-order valence-electron chi connectivity index (χ0n) is 14.5. The molecule has 2 aromatic rings. The highest BCUT2D eigenvalue weighted by Gasteiger charge is 2.12. The monoisotopic (exact) mass is 362 g/mol. The van der Waals surface area contributed by atoms with Crippen LogP contribution in [-0.4, -0.2) is 34.7 Å². The first-order valence-corrected chi connectivity index (χ1v) is 9.61. The van der Waals surface area contributed by atoms with Gasteiger partial charge in [-0.05, 0) is 42.3 Å². The Morgan fingerprint density at radius 2 is 1.84 bits per heavy atom. The maximum absolute atomic E-state index is 12.1. The number of anilines is 2. The molecule has 0 radical (unpaired) electrons. The second-order valence-electron chi connectivity index (χ2n) is 5.68. The molecule has 7 heteroatoms. The van der Waals surface area contributed by atoms with Crippen molar-refractivity contribution in [2.75, 3.05) is 30.0 Å². The molecular weight excluding hydrogens is 340 g/mol. The summed E-state index contributed by atoms with van der Waals surface area (Å²) < 4.78 is 29.5. The zero-order valence-corrected chi connectivity index (χ0v) is 15.3. The van der Waals surface area contributed by atoms with Crippen LogP contribution in [0.4, 0.5) is 11.4 Å². The molecule has 0 unspecified atom stereocenters. The van der Waals surface area contributed by atoms with Gasteiger partial charge >= 0.3 is 0 Å². The van der Waals surface area contributed by atoms with E-state index in [1.807, 2.05) is 24.3 Å². The largest absolute Gasteiger partial charge is 0.497 e. The molecule has 0 aliphatic heterocycles. The molecular formula is C18H22N2O4S. The van der Waals surface area contributed by atoms with Crippen LogP contribution in [0.15, 0.2) is 48.5 Å². The van der Waals surface area contributed by atoms with E-state index in [0.29, 0.717) is 24.2 Å². The molecule has 0 aliphatic rings. The number of carbonyl (C=O) groups is 1. The van der Waals surface area contributed by atoms with Gasteiger partial charge in [0.1, 0.15) is 5.75 Å². The Morgan fingerprint density at radius 3 is 2.44 bits per heavy atom. The van der Waals surface area contributed by atoms with E-state index in [-0.39, 0.29) is 5.91 Å². The molecule has 134 valence electrons. The van der Waals surface area contributed by atoms with E-state index in [2.05, 4.69) is 5.32 Å². The van der Waals surface area contributed by atoms with Gasteiger partial charge in [0, 0.05) is 19.2 Å². The lowest BCUT2D eigenvalue weighted by atomic mass is 10.1. The van der Waals surface area contributed by atoms with Gasteiger partial charge in [0.15, 0.2) is 0 Å². The maximum atomic E-state index is 12.1. The lowest BCUT2D eigenvalue weighted by Gasteiger charge is -2.17. The van der Waals surface area contributed by atoms with Gasteiger partial charge in [-0.15, -0.1) is 0 Å². The quantitative estimate of drug-likeness (QED) is 0.822. The first-order chi connectivity index (χ1) is 11.8. The average Bonchev–Trinajstić information content (AvgIpc) is 2.59. The lowest BCUT2D eigenvalue weighted by Crippen LogP contribution is -2.24. The highest BCUT2D eigenvalue weighted by atomic mass is 32.2. The number of carbonyl (C=O) groups excluding carboxylic acids is 1. The van der Waals surface area contributed by atoms with E-state index in [4.69, 9.17) is 4.74 Å². The molecule has 0 bridgehead atoms. The van der Waals surface area contributed by atoms with Gasteiger partial charge in [0.2, 0.25) is 15.9 Å². The van der Waals surface area contributed by atoms with Gasteiger partial charge in [-0.2, -0.15) is 0 Å². The Kier molecular flexibility index (Phi) is 6.03. The summed E-state index contributed by atoms with van der Waals surface area (Å²) in [4.78, 5) is 12.1. The van der Waals surface area contributed by atoms with Crippen LogP contribution in [-0.2, 0) is 21.2 Å². The van der Waals surface area contributed by atoms with Gasteiger partial charge in [-0.3, -0.25) is 9.10 Å². The molecule has 25 heavy (non-hydrogen) atoms. The van der Waals surface area contributed by atoms with Gasteiger partial charge in [0.05, 0.1) is 19.1 Å². The molecule has 0 saturated heterocycles. The second-order valence-corrected chi connectivity index (χ2v) is 7.69. The Hall–Kier alpha value is -2.54. The SMILES string of the molecule is COc1ccc(CCC(=O)Nc2cccc(N(C)S(C)(=O)=O)c2)cc1. The van der Waals surface area contributed by atoms with E-state index in [9.17, 15) is 13.2 Å². The molecule has 2 rings (SSSR count). The number of hydrogen-bond acceptors (Lipinski definition) is 4. The number of nitrogens with one attached hydrogen (secondary N) is 1. The number of ether oxygens (including phenoxy) is 1. The van der Waals surface area contributed by atoms with Crippen LogP contribution in [0.25, 0.3) is 0 Å². The highest BCUT2D eigenvalue weighted by molar-refractivity contribution is 7.92. The van der Waals surface area contributed by atoms with Crippen LogP contribution < -0.4 is 14.4 Å². The van der Waals surface area contributed by atoms with E-state index in [0.717, 1.165) is 17.6 Å². The second kappa shape index (κ2) is 8.02. The summed E-state index contributed by atoms with van der Waals surface area (Å²) in [6.45, 7) is 0. The molecule has 1 amide bonds. The number of hydrogen-bond donors (Lipinski definition) is 1. The molecule has 0 spiro atoms. The van der Waals surface area contributed by atoms with E-state index >= 15 is 0 Å². The van der Waals surface area contributed by atoms with Gasteiger partial charge in [0.25, 0.3) is 0 Å². The predicted molar refractivity (Wildman–Crippen MR) is 99.6 cm³/mol. The van der Waals surface area contributed by atoms with Crippen molar-refractivity contribution in [3.05, 3.63) is 54.1 Å². The Labute approximate surface area is 148 Å². The molecule has 0 saturated carbocycles. The summed E-state index contributed by atoms with van der Waals surface area (Å²) in [5, 5.41) is 2.80. The Bertz CT molecular complexity index is 832. The Balaban J connectivity index is 1.96. The fourth-order valence-corrected chi connectivity index (χ4v) is 2.74. The van der Waals surface area contributed by atoms with Crippen LogP contribution in [0.3, 0.4) is 0 Å². The van der Waals surface area contributed by atoms with Gasteiger partial charge in [-0.25, -0.2) is 8.42 Å². The topological polar surface area (TPSA) is 75.7 Å². The lowest BCUT2D eigenvalue weighted by molar-refractivity contribution is -0.116. The number of rotatable bonds is 7. The predicted octanol–water partition coefficient (Wildman–Crippen LogP) is 2.66. The van der Waals surface area contributed by atoms with Crippen LogP contribution in [0, 0.1) is 0 Å². The van der Waals surface area contributed by atoms with Crippen LogP contribution >= 0.6 is 0 Å². The molecule has 0 heterocycles. The molecule has 0 atom stereocenters. The Morgan fingerprint density at radius 1 is 1.16 bits per heavy atom. The summed E-state index contributed by atoms with van der Waals surface area (Å²) in [6.07, 6.45) is 2.07. The summed E-state index contributed by atoms with van der Waals surface area (Å²) in [5.41, 5.74) is 2.10. The summed E-state index contributed by atoms with van der Waals surface area (Å²) in [5.74, 6) is 0.648. The van der Waals surface area contributed by atoms with Crippen molar-refractivity contribution >= 4 is 27.3 Å². The van der Waals surface area contributed by atoms with Crippen molar-refractivity contribution in [1.29, 1.82) is 0 Å². The summed E-state index contributed by atoms with van der Waals surface area (Å²) in [6, 6.07) is 14.3. The highest BCUT2D eigenvalue weighted by Crippen LogP contribution is 2.20. The molecule has 1 N–H and O–H groups in total. The smallest absolute Gasteiger partial charge is 0.231 e. The van der Waals surface area contributed by atoms with Crippen molar-refractivity contribution in [2.24, 2.45) is 0 Å². The minimum Gasteiger partial charge on any atom is -0.497 e. The minimum atomic E-state index is -3.34. The van der Waals surface area contributed by atoms with Crippen LogP contribution in [0.1, 0.15) is 12.0 Å². The molecule has 0 aromatic heterocycles. The van der Waals surface area contributed by atoms with Crippen molar-refractivity contribution in [3.63, 3.8) is 0 Å². The standard InChI is InChI=1S/C18H22N2O4S/c1-20(25(3,22)23)16-6-4-5-15(13-16)19-18(21)12-9-14-7-10-17(24-2)11-8-14/h4-8,10-11,13H,9,12H2,1-3H3,(H,19,21). The molecule has 6 nitrogen and oxygen atoms in total. The maximum Gasteiger partial charge on any atom is 0.231 e. The van der Waals surface area contributed by atoms with Crippen molar-refractivity contribution in [1.82, 2.24) is 0 Å². The summed E-state index contributed by atoms with van der Waals surface area (Å²) in [7, 11) is -0.262. The van der Waals surface area contributed by atoms with E-state index in [1.54, 1.807) is 31.4 Å². The average molecular weight is 362 g/mol. The molecule has 0 fully saturated rings. The number of aryl methyl sites for hydroxylation is 1. The normalized spacial score (nSPS) is 11.0. The van der Waals surface area contributed by atoms with Crippen LogP contribution in [0.2, 0.25) is 0 Å². The molecule has 2 aromatic carbocycles. The summed E-state index contributed by atoms with van der Waals surface area (Å²) >= 11 is 0. The number of benzene rings is 2. The van der Waals surface area contributed by atoms with E-state index in [1.165, 1.54) is 11.4 Å². The van der Waals surface area contributed by atoms with Crippen molar-refractivity contribution < 1.29 is 17.9 Å². The third kappa shape index (κ3) is 5.49. The van der Waals surface area contributed by atoms with Gasteiger partial charge in [-0.1, -0.05) is 18.2 Å². The third-order valence-corrected chi connectivity index (χ3v) is 5.00. The van der Waals surface area contributed by atoms with E-state index < -0.39 is 10.0 Å². The van der Waals surface area contributed by atoms with Crippen LogP contribution in [0.5, 0.6) is 5.75 Å². The minimum absolute atomic E-state index is 0.130. The number of amides is 1. The fraction of sp³-hybridized carbons (Fsp3) is 0.278. The first kappa shape index (κ1) is 18.8. The van der Waals surface area contributed by atoms with Crippen molar-refractivity contribution in [3.8, 4) is 5.75 Å². The van der Waals surface area contributed by atoms with Gasteiger partial charge < -0.3 is 10.1 Å². The molecule has 0 aliphatic carbocycles. The third-order valence-electron chi connectivity index (χ3n) is 3.79. The number of sulfonamides is 1. The number of nitrogens with zero attached hydrogens (tertiary/aromatic N) is 1.